The van der Waals surface area contributed by atoms with E-state index < -0.39 is 0 Å². The standard InChI is InChI=1S/C18H27N5O/c1-6-15(14-8-10-19-11-9-14)20-18(24)21-16(7-2)17-12(3)22-23(5)13(17)4/h8-11,15-16H,6-7H2,1-5H3,(H2,20,21,24)/t15-,16+/m0/s1. The van der Waals surface area contributed by atoms with E-state index in [2.05, 4.69) is 34.6 Å². The SMILES string of the molecule is CC[C@H](NC(=O)N[C@H](CC)c1c(C)nn(C)c1C)c1ccncc1. The second-order valence-electron chi connectivity index (χ2n) is 6.03. The molecule has 6 heteroatoms. The van der Waals surface area contributed by atoms with E-state index in [1.54, 1.807) is 12.4 Å². The van der Waals surface area contributed by atoms with Gasteiger partial charge < -0.3 is 10.6 Å². The zero-order valence-electron chi connectivity index (χ0n) is 15.1. The molecule has 0 fully saturated rings. The number of urea groups is 1. The van der Waals surface area contributed by atoms with Crippen LogP contribution in [-0.4, -0.2) is 20.8 Å². The van der Waals surface area contributed by atoms with Gasteiger partial charge in [-0.25, -0.2) is 4.79 Å². The molecule has 0 bridgehead atoms. The van der Waals surface area contributed by atoms with Crippen molar-refractivity contribution in [3.63, 3.8) is 0 Å². The Labute approximate surface area is 143 Å². The van der Waals surface area contributed by atoms with Crippen LogP contribution in [0, 0.1) is 13.8 Å². The Hall–Kier alpha value is -2.37. The van der Waals surface area contributed by atoms with Crippen molar-refractivity contribution in [2.24, 2.45) is 7.05 Å². The van der Waals surface area contributed by atoms with Gasteiger partial charge in [0, 0.05) is 30.7 Å². The lowest BCUT2D eigenvalue weighted by Gasteiger charge is -2.22. The minimum Gasteiger partial charge on any atom is -0.331 e. The number of nitrogens with zero attached hydrogens (tertiary/aromatic N) is 3. The van der Waals surface area contributed by atoms with Gasteiger partial charge in [0.05, 0.1) is 17.8 Å². The van der Waals surface area contributed by atoms with E-state index in [9.17, 15) is 4.79 Å². The van der Waals surface area contributed by atoms with Gasteiger partial charge in [-0.2, -0.15) is 5.10 Å². The lowest BCUT2D eigenvalue weighted by Crippen LogP contribution is -2.40. The van der Waals surface area contributed by atoms with Gasteiger partial charge in [-0.05, 0) is 44.4 Å². The summed E-state index contributed by atoms with van der Waals surface area (Å²) in [4.78, 5) is 16.5. The number of hydrogen-bond acceptors (Lipinski definition) is 3. The lowest BCUT2D eigenvalue weighted by atomic mass is 10.0. The Morgan fingerprint density at radius 2 is 1.71 bits per heavy atom. The topological polar surface area (TPSA) is 71.8 Å². The Bertz CT molecular complexity index is 680. The van der Waals surface area contributed by atoms with Gasteiger partial charge in [0.15, 0.2) is 0 Å². The Morgan fingerprint density at radius 3 is 2.21 bits per heavy atom. The number of nitrogens with one attached hydrogen (secondary N) is 2. The normalized spacial score (nSPS) is 13.4. The van der Waals surface area contributed by atoms with Crippen molar-refractivity contribution in [3.8, 4) is 0 Å². The zero-order valence-corrected chi connectivity index (χ0v) is 15.1. The first-order valence-corrected chi connectivity index (χ1v) is 8.44. The fourth-order valence-electron chi connectivity index (χ4n) is 3.05. The van der Waals surface area contributed by atoms with Crippen LogP contribution in [0.15, 0.2) is 24.5 Å². The van der Waals surface area contributed by atoms with Crippen LogP contribution in [0.25, 0.3) is 0 Å². The zero-order chi connectivity index (χ0) is 17.7. The van der Waals surface area contributed by atoms with E-state index in [0.29, 0.717) is 0 Å². The van der Waals surface area contributed by atoms with Gasteiger partial charge in [-0.3, -0.25) is 9.67 Å². The average molecular weight is 329 g/mol. The Morgan fingerprint density at radius 1 is 1.12 bits per heavy atom. The van der Waals surface area contributed by atoms with Crippen molar-refractivity contribution in [1.82, 2.24) is 25.4 Å². The fraction of sp³-hybridized carbons (Fsp3) is 0.500. The monoisotopic (exact) mass is 329 g/mol. The van der Waals surface area contributed by atoms with Gasteiger partial charge in [0.2, 0.25) is 0 Å². The molecule has 24 heavy (non-hydrogen) atoms. The summed E-state index contributed by atoms with van der Waals surface area (Å²) in [5.74, 6) is 0. The van der Waals surface area contributed by atoms with E-state index in [4.69, 9.17) is 0 Å². The number of carbonyl (C=O) groups is 1. The van der Waals surface area contributed by atoms with Crippen LogP contribution in [-0.2, 0) is 7.05 Å². The van der Waals surface area contributed by atoms with Crippen LogP contribution in [0.5, 0.6) is 0 Å². The Balaban J connectivity index is 2.09. The van der Waals surface area contributed by atoms with E-state index in [-0.39, 0.29) is 18.1 Å². The maximum atomic E-state index is 12.5. The first-order chi connectivity index (χ1) is 11.5. The molecular formula is C18H27N5O. The van der Waals surface area contributed by atoms with Gasteiger partial charge >= 0.3 is 6.03 Å². The number of carbonyl (C=O) groups excluding carboxylic acids is 1. The highest BCUT2D eigenvalue weighted by molar-refractivity contribution is 5.75. The molecule has 2 aromatic heterocycles. The first kappa shape index (κ1) is 18.0. The highest BCUT2D eigenvalue weighted by Gasteiger charge is 2.21. The molecule has 0 aliphatic rings. The predicted molar refractivity (Wildman–Crippen MR) is 94.7 cm³/mol. The molecule has 0 aliphatic carbocycles. The summed E-state index contributed by atoms with van der Waals surface area (Å²) < 4.78 is 1.86. The summed E-state index contributed by atoms with van der Waals surface area (Å²) in [7, 11) is 1.93. The molecule has 2 N–H and O–H groups in total. The smallest absolute Gasteiger partial charge is 0.315 e. The third-order valence-corrected chi connectivity index (χ3v) is 4.45. The van der Waals surface area contributed by atoms with E-state index in [1.165, 1.54) is 0 Å². The van der Waals surface area contributed by atoms with Crippen molar-refractivity contribution < 1.29 is 4.79 Å². The molecule has 0 unspecified atom stereocenters. The second kappa shape index (κ2) is 7.95. The number of aryl methyl sites for hydroxylation is 2. The van der Waals surface area contributed by atoms with Crippen LogP contribution in [0.3, 0.4) is 0 Å². The lowest BCUT2D eigenvalue weighted by molar-refractivity contribution is 0.232. The van der Waals surface area contributed by atoms with Crippen molar-refractivity contribution in [3.05, 3.63) is 47.0 Å². The highest BCUT2D eigenvalue weighted by atomic mass is 16.2. The molecule has 0 saturated carbocycles. The van der Waals surface area contributed by atoms with Crippen molar-refractivity contribution in [1.29, 1.82) is 0 Å². The maximum absolute atomic E-state index is 12.5. The fourth-order valence-corrected chi connectivity index (χ4v) is 3.05. The summed E-state index contributed by atoms with van der Waals surface area (Å²) in [6, 6.07) is 3.63. The molecule has 2 rings (SSSR count). The molecule has 6 nitrogen and oxygen atoms in total. The molecule has 0 aliphatic heterocycles. The van der Waals surface area contributed by atoms with Crippen LogP contribution >= 0.6 is 0 Å². The third-order valence-electron chi connectivity index (χ3n) is 4.45. The molecular weight excluding hydrogens is 302 g/mol. The molecule has 2 aromatic rings. The highest BCUT2D eigenvalue weighted by Crippen LogP contribution is 2.24. The largest absolute Gasteiger partial charge is 0.331 e. The summed E-state index contributed by atoms with van der Waals surface area (Å²) >= 11 is 0. The van der Waals surface area contributed by atoms with Crippen LogP contribution in [0.4, 0.5) is 4.79 Å². The predicted octanol–water partition coefficient (Wildman–Crippen LogP) is 3.33. The minimum absolute atomic E-state index is 0.0263. The van der Waals surface area contributed by atoms with Gasteiger partial charge in [0.1, 0.15) is 0 Å². The summed E-state index contributed by atoms with van der Waals surface area (Å²) in [5.41, 5.74) is 4.21. The number of pyridine rings is 1. The van der Waals surface area contributed by atoms with Crippen molar-refractivity contribution in [2.75, 3.05) is 0 Å². The number of aromatic nitrogens is 3. The Kier molecular flexibility index (Phi) is 5.95. The number of hydrogen-bond donors (Lipinski definition) is 2. The van der Waals surface area contributed by atoms with Crippen LogP contribution in [0.2, 0.25) is 0 Å². The minimum atomic E-state index is -0.159. The molecule has 0 aromatic carbocycles. The van der Waals surface area contributed by atoms with Gasteiger partial charge in [-0.1, -0.05) is 13.8 Å². The number of amides is 2. The van der Waals surface area contributed by atoms with E-state index in [0.717, 1.165) is 35.4 Å². The number of rotatable bonds is 6. The molecule has 0 radical (unpaired) electrons. The molecule has 2 amide bonds. The molecule has 2 atom stereocenters. The third kappa shape index (κ3) is 3.93. The van der Waals surface area contributed by atoms with Crippen molar-refractivity contribution >= 4 is 6.03 Å². The van der Waals surface area contributed by atoms with Gasteiger partial charge in [-0.15, -0.1) is 0 Å². The summed E-state index contributed by atoms with van der Waals surface area (Å²) in [6.07, 6.45) is 5.12. The first-order valence-electron chi connectivity index (χ1n) is 8.44. The summed E-state index contributed by atoms with van der Waals surface area (Å²) in [6.45, 7) is 8.13. The second-order valence-corrected chi connectivity index (χ2v) is 6.03. The van der Waals surface area contributed by atoms with E-state index >= 15 is 0 Å². The van der Waals surface area contributed by atoms with Crippen molar-refractivity contribution in [2.45, 2.75) is 52.6 Å². The quantitative estimate of drug-likeness (QED) is 0.854. The van der Waals surface area contributed by atoms with Crippen LogP contribution < -0.4 is 10.6 Å². The van der Waals surface area contributed by atoms with E-state index in [1.807, 2.05) is 37.7 Å². The maximum Gasteiger partial charge on any atom is 0.315 e. The average Bonchev–Trinajstić information content (AvgIpc) is 2.84. The van der Waals surface area contributed by atoms with Gasteiger partial charge in [0.25, 0.3) is 0 Å². The molecule has 2 heterocycles. The van der Waals surface area contributed by atoms with Crippen LogP contribution in [0.1, 0.15) is 61.3 Å². The molecule has 0 spiro atoms. The molecule has 0 saturated heterocycles. The molecule has 130 valence electrons. The summed E-state index contributed by atoms with van der Waals surface area (Å²) in [5, 5.41) is 10.6.